The van der Waals surface area contributed by atoms with E-state index in [4.69, 9.17) is 9.47 Å². The third-order valence-electron chi connectivity index (χ3n) is 3.36. The SMILES string of the molecule is COc1cc(Br)cc(CCCN2CCOCC2)c1O. The van der Waals surface area contributed by atoms with Gasteiger partial charge in [-0.1, -0.05) is 15.9 Å². The molecule has 1 saturated heterocycles. The van der Waals surface area contributed by atoms with Crippen molar-refractivity contribution in [3.63, 3.8) is 0 Å². The molecule has 0 saturated carbocycles. The summed E-state index contributed by atoms with van der Waals surface area (Å²) in [5.41, 5.74) is 0.930. The van der Waals surface area contributed by atoms with Crippen molar-refractivity contribution >= 4 is 15.9 Å². The average molecular weight is 330 g/mol. The van der Waals surface area contributed by atoms with Crippen LogP contribution in [-0.4, -0.2) is 50.0 Å². The Labute approximate surface area is 122 Å². The third-order valence-corrected chi connectivity index (χ3v) is 3.82. The number of hydrogen-bond acceptors (Lipinski definition) is 4. The van der Waals surface area contributed by atoms with E-state index in [1.165, 1.54) is 0 Å². The third kappa shape index (κ3) is 4.09. The molecule has 1 aliphatic heterocycles. The number of rotatable bonds is 5. The van der Waals surface area contributed by atoms with E-state index in [0.29, 0.717) is 5.75 Å². The number of ether oxygens (including phenoxy) is 2. The first-order chi connectivity index (χ1) is 9.20. The number of phenols is 1. The van der Waals surface area contributed by atoms with Gasteiger partial charge in [0.05, 0.1) is 20.3 Å². The van der Waals surface area contributed by atoms with Crippen LogP contribution in [-0.2, 0) is 11.2 Å². The molecule has 0 radical (unpaired) electrons. The van der Waals surface area contributed by atoms with Crippen LogP contribution in [0.1, 0.15) is 12.0 Å². The molecule has 0 spiro atoms. The molecule has 0 atom stereocenters. The summed E-state index contributed by atoms with van der Waals surface area (Å²) in [6.45, 7) is 4.71. The summed E-state index contributed by atoms with van der Waals surface area (Å²) in [5, 5.41) is 10.1. The van der Waals surface area contributed by atoms with E-state index in [1.54, 1.807) is 13.2 Å². The molecular formula is C14H20BrNO3. The van der Waals surface area contributed by atoms with Gasteiger partial charge in [0, 0.05) is 17.6 Å². The van der Waals surface area contributed by atoms with Gasteiger partial charge in [-0.2, -0.15) is 0 Å². The van der Waals surface area contributed by atoms with E-state index in [1.807, 2.05) is 6.07 Å². The molecule has 1 aromatic carbocycles. The molecule has 1 heterocycles. The molecule has 1 aromatic rings. The monoisotopic (exact) mass is 329 g/mol. The summed E-state index contributed by atoms with van der Waals surface area (Å²) in [7, 11) is 1.57. The van der Waals surface area contributed by atoms with E-state index in [9.17, 15) is 5.11 Å². The summed E-state index contributed by atoms with van der Waals surface area (Å²) < 4.78 is 11.4. The molecule has 5 heteroatoms. The van der Waals surface area contributed by atoms with Crippen molar-refractivity contribution in [1.82, 2.24) is 4.90 Å². The Morgan fingerprint density at radius 1 is 1.37 bits per heavy atom. The maximum absolute atomic E-state index is 10.1. The van der Waals surface area contributed by atoms with Crippen molar-refractivity contribution in [3.8, 4) is 11.5 Å². The minimum atomic E-state index is 0.257. The summed E-state index contributed by atoms with van der Waals surface area (Å²) in [6, 6.07) is 3.73. The molecule has 0 bridgehead atoms. The Morgan fingerprint density at radius 3 is 2.79 bits per heavy atom. The summed E-state index contributed by atoms with van der Waals surface area (Å²) >= 11 is 3.44. The van der Waals surface area contributed by atoms with Gasteiger partial charge in [0.25, 0.3) is 0 Å². The Balaban J connectivity index is 1.89. The summed E-state index contributed by atoms with van der Waals surface area (Å²) in [6.07, 6.45) is 1.87. The smallest absolute Gasteiger partial charge is 0.161 e. The molecule has 106 valence electrons. The molecule has 1 aliphatic rings. The number of nitrogens with zero attached hydrogens (tertiary/aromatic N) is 1. The normalized spacial score (nSPS) is 16.5. The lowest BCUT2D eigenvalue weighted by molar-refractivity contribution is 0.0374. The lowest BCUT2D eigenvalue weighted by atomic mass is 10.1. The first kappa shape index (κ1) is 14.6. The predicted molar refractivity (Wildman–Crippen MR) is 77.9 cm³/mol. The molecule has 4 nitrogen and oxygen atoms in total. The maximum atomic E-state index is 10.1. The highest BCUT2D eigenvalue weighted by Gasteiger charge is 2.12. The topological polar surface area (TPSA) is 41.9 Å². The number of phenolic OH excluding ortho intramolecular Hbond substituents is 1. The van der Waals surface area contributed by atoms with Crippen molar-refractivity contribution in [2.45, 2.75) is 12.8 Å². The predicted octanol–water partition coefficient (Wildman–Crippen LogP) is 2.43. The van der Waals surface area contributed by atoms with Crippen LogP contribution in [0.4, 0.5) is 0 Å². The number of halogens is 1. The number of aryl methyl sites for hydroxylation is 1. The minimum Gasteiger partial charge on any atom is -0.504 e. The number of methoxy groups -OCH3 is 1. The lowest BCUT2D eigenvalue weighted by Gasteiger charge is -2.26. The van der Waals surface area contributed by atoms with Crippen molar-refractivity contribution < 1.29 is 14.6 Å². The fraction of sp³-hybridized carbons (Fsp3) is 0.571. The molecule has 1 fully saturated rings. The molecule has 0 aliphatic carbocycles. The Kier molecular flexibility index (Phi) is 5.48. The standard InChI is InChI=1S/C14H20BrNO3/c1-18-13-10-12(15)9-11(14(13)17)3-2-4-16-5-7-19-8-6-16/h9-10,17H,2-8H2,1H3. The summed E-state index contributed by atoms with van der Waals surface area (Å²) in [4.78, 5) is 2.40. The second-order valence-corrected chi connectivity index (χ2v) is 5.59. The zero-order valence-electron chi connectivity index (χ0n) is 11.2. The van der Waals surface area contributed by atoms with E-state index < -0.39 is 0 Å². The number of morpholine rings is 1. The van der Waals surface area contributed by atoms with Gasteiger partial charge in [-0.15, -0.1) is 0 Å². The Bertz CT molecular complexity index is 419. The van der Waals surface area contributed by atoms with Crippen molar-refractivity contribution in [2.75, 3.05) is 40.0 Å². The van der Waals surface area contributed by atoms with Crippen LogP contribution in [0.15, 0.2) is 16.6 Å². The van der Waals surface area contributed by atoms with Crippen molar-refractivity contribution in [3.05, 3.63) is 22.2 Å². The van der Waals surface area contributed by atoms with Crippen LogP contribution in [0.2, 0.25) is 0 Å². The van der Waals surface area contributed by atoms with Crippen LogP contribution in [0.3, 0.4) is 0 Å². The lowest BCUT2D eigenvalue weighted by Crippen LogP contribution is -2.36. The average Bonchev–Trinajstić information content (AvgIpc) is 2.43. The molecule has 0 unspecified atom stereocenters. The highest BCUT2D eigenvalue weighted by Crippen LogP contribution is 2.34. The van der Waals surface area contributed by atoms with E-state index in [2.05, 4.69) is 20.8 Å². The number of aromatic hydroxyl groups is 1. The van der Waals surface area contributed by atoms with E-state index in [0.717, 1.165) is 55.7 Å². The second kappa shape index (κ2) is 7.12. The molecule has 0 amide bonds. The molecule has 0 aromatic heterocycles. The quantitative estimate of drug-likeness (QED) is 0.900. The summed E-state index contributed by atoms with van der Waals surface area (Å²) in [5.74, 6) is 0.781. The molecule has 2 rings (SSSR count). The largest absolute Gasteiger partial charge is 0.504 e. The second-order valence-electron chi connectivity index (χ2n) is 4.67. The van der Waals surface area contributed by atoms with Gasteiger partial charge in [0.1, 0.15) is 0 Å². The van der Waals surface area contributed by atoms with Gasteiger partial charge in [0.2, 0.25) is 0 Å². The van der Waals surface area contributed by atoms with E-state index in [-0.39, 0.29) is 5.75 Å². The van der Waals surface area contributed by atoms with Crippen molar-refractivity contribution in [1.29, 1.82) is 0 Å². The fourth-order valence-electron chi connectivity index (χ4n) is 2.29. The zero-order chi connectivity index (χ0) is 13.7. The Morgan fingerprint density at radius 2 is 2.11 bits per heavy atom. The highest BCUT2D eigenvalue weighted by molar-refractivity contribution is 9.10. The number of benzene rings is 1. The van der Waals surface area contributed by atoms with Gasteiger partial charge in [-0.05, 0) is 37.1 Å². The van der Waals surface area contributed by atoms with Crippen LogP contribution in [0.5, 0.6) is 11.5 Å². The van der Waals surface area contributed by atoms with Crippen LogP contribution in [0, 0.1) is 0 Å². The minimum absolute atomic E-state index is 0.257. The molecule has 19 heavy (non-hydrogen) atoms. The van der Waals surface area contributed by atoms with Crippen molar-refractivity contribution in [2.24, 2.45) is 0 Å². The molecule has 1 N–H and O–H groups in total. The Hall–Kier alpha value is -0.780. The van der Waals surface area contributed by atoms with Gasteiger partial charge in [0.15, 0.2) is 11.5 Å². The number of hydrogen-bond donors (Lipinski definition) is 1. The highest BCUT2D eigenvalue weighted by atomic mass is 79.9. The fourth-order valence-corrected chi connectivity index (χ4v) is 2.78. The first-order valence-electron chi connectivity index (χ1n) is 6.56. The van der Waals surface area contributed by atoms with Gasteiger partial charge in [-0.25, -0.2) is 0 Å². The van der Waals surface area contributed by atoms with Crippen LogP contribution in [0.25, 0.3) is 0 Å². The van der Waals surface area contributed by atoms with Gasteiger partial charge < -0.3 is 14.6 Å². The first-order valence-corrected chi connectivity index (χ1v) is 7.35. The van der Waals surface area contributed by atoms with E-state index >= 15 is 0 Å². The molecular weight excluding hydrogens is 310 g/mol. The van der Waals surface area contributed by atoms with Gasteiger partial charge >= 0.3 is 0 Å². The van der Waals surface area contributed by atoms with Crippen LogP contribution >= 0.6 is 15.9 Å². The maximum Gasteiger partial charge on any atom is 0.161 e. The zero-order valence-corrected chi connectivity index (χ0v) is 12.8. The van der Waals surface area contributed by atoms with Gasteiger partial charge in [-0.3, -0.25) is 4.90 Å². The van der Waals surface area contributed by atoms with Crippen LogP contribution < -0.4 is 4.74 Å².